The number of hydrogen-bond donors (Lipinski definition) is 1. The minimum Gasteiger partial charge on any atom is -0.317 e. The molecule has 0 radical (unpaired) electrons. The zero-order valence-electron chi connectivity index (χ0n) is 10.6. The van der Waals surface area contributed by atoms with Crippen LogP contribution < -0.4 is 5.32 Å². The molecule has 0 unspecified atom stereocenters. The van der Waals surface area contributed by atoms with Gasteiger partial charge in [0, 0.05) is 0 Å². The minimum atomic E-state index is 0.978. The molecule has 1 heterocycles. The highest BCUT2D eigenvalue weighted by Gasteiger charge is 2.02. The van der Waals surface area contributed by atoms with E-state index in [1.807, 2.05) is 0 Å². The van der Waals surface area contributed by atoms with Gasteiger partial charge in [0.25, 0.3) is 0 Å². The van der Waals surface area contributed by atoms with Crippen molar-refractivity contribution in [3.05, 3.63) is 0 Å². The fourth-order valence-electron chi connectivity index (χ4n) is 2.46. The summed E-state index contributed by atoms with van der Waals surface area (Å²) in [5.74, 6) is 0.978. The van der Waals surface area contributed by atoms with E-state index in [2.05, 4.69) is 12.2 Å². The highest BCUT2D eigenvalue weighted by atomic mass is 14.8. The van der Waals surface area contributed by atoms with E-state index in [9.17, 15) is 0 Å². The first-order chi connectivity index (χ1) is 7.39. The summed E-state index contributed by atoms with van der Waals surface area (Å²) >= 11 is 0. The highest BCUT2D eigenvalue weighted by molar-refractivity contribution is 4.57. The van der Waals surface area contributed by atoms with Gasteiger partial charge in [0.05, 0.1) is 0 Å². The van der Waals surface area contributed by atoms with Gasteiger partial charge in [-0.2, -0.15) is 0 Å². The molecule has 0 bridgehead atoms. The van der Waals surface area contributed by atoms with E-state index in [0.717, 1.165) is 5.92 Å². The lowest BCUT2D eigenvalue weighted by Gasteiger charge is -2.12. The number of hydrogen-bond acceptors (Lipinski definition) is 1. The number of rotatable bonds is 0. The molecule has 0 atom stereocenters. The Morgan fingerprint density at radius 3 is 1.67 bits per heavy atom. The van der Waals surface area contributed by atoms with Crippen LogP contribution >= 0.6 is 0 Å². The Bertz CT molecular complexity index is 119. The molecule has 0 saturated carbocycles. The van der Waals surface area contributed by atoms with E-state index < -0.39 is 0 Å². The summed E-state index contributed by atoms with van der Waals surface area (Å²) in [6.07, 6.45) is 14.4. The molecular weight excluding hydrogens is 182 g/mol. The van der Waals surface area contributed by atoms with E-state index in [-0.39, 0.29) is 0 Å². The maximum atomic E-state index is 3.55. The first kappa shape index (κ1) is 13.0. The van der Waals surface area contributed by atoms with Crippen molar-refractivity contribution in [2.24, 2.45) is 5.92 Å². The van der Waals surface area contributed by atoms with Crippen molar-refractivity contribution in [2.45, 2.75) is 71.1 Å². The smallest absolute Gasteiger partial charge is 0.00489 e. The Hall–Kier alpha value is -0.0400. The van der Waals surface area contributed by atoms with Gasteiger partial charge in [-0.3, -0.25) is 0 Å². The summed E-state index contributed by atoms with van der Waals surface area (Å²) in [6.45, 7) is 4.93. The van der Waals surface area contributed by atoms with Crippen molar-refractivity contribution in [1.82, 2.24) is 5.32 Å². The normalized spacial score (nSPS) is 24.6. The van der Waals surface area contributed by atoms with Gasteiger partial charge in [0.15, 0.2) is 0 Å². The lowest BCUT2D eigenvalue weighted by atomic mass is 9.96. The molecule has 0 spiro atoms. The average Bonchev–Trinajstić information content (AvgIpc) is 2.24. The first-order valence-electron chi connectivity index (χ1n) is 7.10. The van der Waals surface area contributed by atoms with E-state index in [4.69, 9.17) is 0 Å². The predicted molar refractivity (Wildman–Crippen MR) is 68.2 cm³/mol. The predicted octanol–water partition coefficient (Wildman–Crippen LogP) is 4.13. The maximum absolute atomic E-state index is 3.55. The van der Waals surface area contributed by atoms with E-state index in [1.165, 1.54) is 77.3 Å². The van der Waals surface area contributed by atoms with Crippen molar-refractivity contribution >= 4 is 0 Å². The van der Waals surface area contributed by atoms with Crippen molar-refractivity contribution in [3.8, 4) is 0 Å². The second kappa shape index (κ2) is 9.21. The van der Waals surface area contributed by atoms with Gasteiger partial charge in [-0.05, 0) is 31.8 Å². The lowest BCUT2D eigenvalue weighted by molar-refractivity contribution is 0.426. The molecule has 90 valence electrons. The van der Waals surface area contributed by atoms with Gasteiger partial charge < -0.3 is 5.32 Å². The molecule has 1 heteroatoms. The molecule has 0 amide bonds. The molecule has 0 aromatic rings. The first-order valence-corrected chi connectivity index (χ1v) is 7.10. The summed E-state index contributed by atoms with van der Waals surface area (Å²) < 4.78 is 0. The van der Waals surface area contributed by atoms with Crippen molar-refractivity contribution in [1.29, 1.82) is 0 Å². The third-order valence-electron chi connectivity index (χ3n) is 3.60. The Kier molecular flexibility index (Phi) is 7.99. The third kappa shape index (κ3) is 7.84. The van der Waals surface area contributed by atoms with Crippen LogP contribution in [-0.4, -0.2) is 13.1 Å². The summed E-state index contributed by atoms with van der Waals surface area (Å²) in [4.78, 5) is 0. The summed E-state index contributed by atoms with van der Waals surface area (Å²) in [6, 6.07) is 0. The summed E-state index contributed by atoms with van der Waals surface area (Å²) in [5.41, 5.74) is 0. The summed E-state index contributed by atoms with van der Waals surface area (Å²) in [5, 5.41) is 3.55. The Balaban J connectivity index is 2.10. The molecule has 0 aromatic heterocycles. The Morgan fingerprint density at radius 1 is 0.667 bits per heavy atom. The van der Waals surface area contributed by atoms with Gasteiger partial charge in [-0.25, -0.2) is 0 Å². The quantitative estimate of drug-likeness (QED) is 0.635. The number of nitrogens with one attached hydrogen (secondary N) is 1. The van der Waals surface area contributed by atoms with Crippen LogP contribution in [-0.2, 0) is 0 Å². The molecular formula is C14H29N. The minimum absolute atomic E-state index is 0.978. The third-order valence-corrected chi connectivity index (χ3v) is 3.60. The molecule has 1 nitrogen and oxygen atoms in total. The monoisotopic (exact) mass is 211 g/mol. The van der Waals surface area contributed by atoms with Crippen LogP contribution in [0.3, 0.4) is 0 Å². The molecule has 1 N–H and O–H groups in total. The van der Waals surface area contributed by atoms with Crippen LogP contribution in [0.5, 0.6) is 0 Å². The fraction of sp³-hybridized carbons (Fsp3) is 1.00. The van der Waals surface area contributed by atoms with Gasteiger partial charge >= 0.3 is 0 Å². The summed E-state index contributed by atoms with van der Waals surface area (Å²) in [7, 11) is 0. The molecule has 0 aromatic carbocycles. The Labute approximate surface area is 96.0 Å². The molecule has 1 aliphatic rings. The zero-order chi connectivity index (χ0) is 10.8. The molecule has 1 aliphatic heterocycles. The molecule has 15 heavy (non-hydrogen) atoms. The molecule has 1 saturated heterocycles. The van der Waals surface area contributed by atoms with Crippen LogP contribution in [0.25, 0.3) is 0 Å². The SMILES string of the molecule is CC1CCCCCCNCCCCCC1. The van der Waals surface area contributed by atoms with Crippen LogP contribution in [0.1, 0.15) is 71.1 Å². The van der Waals surface area contributed by atoms with E-state index in [1.54, 1.807) is 0 Å². The fourth-order valence-corrected chi connectivity index (χ4v) is 2.46. The van der Waals surface area contributed by atoms with Crippen molar-refractivity contribution in [3.63, 3.8) is 0 Å². The molecule has 0 aliphatic carbocycles. The van der Waals surface area contributed by atoms with E-state index >= 15 is 0 Å². The van der Waals surface area contributed by atoms with E-state index in [0.29, 0.717) is 0 Å². The standard InChI is InChI=1S/C14H29N/c1-14-10-6-2-4-8-12-15-13-9-5-3-7-11-14/h14-15H,2-13H2,1H3. The van der Waals surface area contributed by atoms with Crippen molar-refractivity contribution in [2.75, 3.05) is 13.1 Å². The van der Waals surface area contributed by atoms with Crippen LogP contribution in [0.2, 0.25) is 0 Å². The zero-order valence-corrected chi connectivity index (χ0v) is 10.6. The van der Waals surface area contributed by atoms with Gasteiger partial charge in [0.2, 0.25) is 0 Å². The molecule has 1 rings (SSSR count). The van der Waals surface area contributed by atoms with Crippen LogP contribution in [0.4, 0.5) is 0 Å². The maximum Gasteiger partial charge on any atom is -0.00489 e. The largest absolute Gasteiger partial charge is 0.317 e. The van der Waals surface area contributed by atoms with Crippen LogP contribution in [0.15, 0.2) is 0 Å². The lowest BCUT2D eigenvalue weighted by Crippen LogP contribution is -2.16. The van der Waals surface area contributed by atoms with Gasteiger partial charge in [0.1, 0.15) is 0 Å². The van der Waals surface area contributed by atoms with Gasteiger partial charge in [-0.1, -0.05) is 58.3 Å². The second-order valence-corrected chi connectivity index (χ2v) is 5.26. The van der Waals surface area contributed by atoms with Gasteiger partial charge in [-0.15, -0.1) is 0 Å². The second-order valence-electron chi connectivity index (χ2n) is 5.26. The van der Waals surface area contributed by atoms with Crippen molar-refractivity contribution < 1.29 is 0 Å². The Morgan fingerprint density at radius 2 is 1.13 bits per heavy atom. The van der Waals surface area contributed by atoms with Crippen LogP contribution in [0, 0.1) is 5.92 Å². The highest BCUT2D eigenvalue weighted by Crippen LogP contribution is 2.17. The molecule has 1 fully saturated rings. The average molecular weight is 211 g/mol. The topological polar surface area (TPSA) is 12.0 Å².